The van der Waals surface area contributed by atoms with Gasteiger partial charge in [0.25, 0.3) is 0 Å². The minimum atomic E-state index is -0.826. The number of para-hydroxylation sites is 1. The lowest BCUT2D eigenvalue weighted by molar-refractivity contribution is 0.114. The number of anilines is 2. The molecule has 7 rings (SSSR count). The van der Waals surface area contributed by atoms with Crippen molar-refractivity contribution in [2.75, 3.05) is 49.6 Å². The molecule has 3 atom stereocenters. The van der Waals surface area contributed by atoms with Crippen LogP contribution in [0, 0.1) is 0 Å². The van der Waals surface area contributed by atoms with Crippen LogP contribution in [0.25, 0.3) is 10.9 Å². The van der Waals surface area contributed by atoms with Crippen molar-refractivity contribution in [1.82, 2.24) is 29.7 Å². The lowest BCUT2D eigenvalue weighted by Gasteiger charge is -2.41. The first-order valence-electron chi connectivity index (χ1n) is 14.1. The molecule has 0 aliphatic carbocycles. The predicted molar refractivity (Wildman–Crippen MR) is 151 cm³/mol. The Hall–Kier alpha value is -3.44. The van der Waals surface area contributed by atoms with Crippen LogP contribution in [0.15, 0.2) is 24.3 Å². The van der Waals surface area contributed by atoms with E-state index in [1.807, 2.05) is 24.3 Å². The summed E-state index contributed by atoms with van der Waals surface area (Å²) < 4.78 is 6.26. The summed E-state index contributed by atoms with van der Waals surface area (Å²) in [4.78, 5) is 39.2. The Balaban J connectivity index is 1.23. The average Bonchev–Trinajstić information content (AvgIpc) is 3.49. The minimum absolute atomic E-state index is 0.0204. The van der Waals surface area contributed by atoms with Crippen LogP contribution in [0.5, 0.6) is 6.01 Å². The van der Waals surface area contributed by atoms with E-state index in [2.05, 4.69) is 31.7 Å². The number of halogens is 1. The normalized spacial score (nSPS) is 24.6. The molecule has 3 aromatic rings. The Kier molecular flexibility index (Phi) is 6.50. The van der Waals surface area contributed by atoms with Crippen molar-refractivity contribution in [2.45, 2.75) is 56.8 Å². The highest BCUT2D eigenvalue weighted by Crippen LogP contribution is 2.37. The van der Waals surface area contributed by atoms with Gasteiger partial charge in [-0.2, -0.15) is 15.0 Å². The number of benzene rings is 1. The third-order valence-corrected chi connectivity index (χ3v) is 9.13. The number of likely N-dealkylation sites (N-methyl/N-ethyl adjacent to an activating group) is 1. The Morgan fingerprint density at radius 1 is 1.02 bits per heavy atom. The predicted octanol–water partition coefficient (Wildman–Crippen LogP) is 3.44. The van der Waals surface area contributed by atoms with Crippen molar-refractivity contribution in [3.63, 3.8) is 0 Å². The fourth-order valence-electron chi connectivity index (χ4n) is 6.92. The number of piperazine rings is 1. The number of nitrogens with zero attached hydrogens (tertiary/aromatic N) is 8. The van der Waals surface area contributed by atoms with E-state index in [1.54, 1.807) is 4.90 Å². The first-order chi connectivity index (χ1) is 19.4. The second-order valence-corrected chi connectivity index (χ2v) is 11.7. The van der Waals surface area contributed by atoms with Crippen molar-refractivity contribution < 1.29 is 14.6 Å². The van der Waals surface area contributed by atoms with E-state index >= 15 is 0 Å². The van der Waals surface area contributed by atoms with Gasteiger partial charge in [0.05, 0.1) is 29.8 Å². The van der Waals surface area contributed by atoms with E-state index in [0.717, 1.165) is 72.6 Å². The molecule has 1 N–H and O–H groups in total. The standard InChI is InChI=1S/C28H33ClN8O3/c1-34-11-4-5-19(34)16-40-27-31-23-15-35(24-20-6-2-3-7-22(20)30-26(29)32-24)12-10-21(23)25(33-27)36-13-17-8-9-18(14-36)37(17)28(38)39/h2-3,6-7,17-19H,4-5,8-16H2,1H3,(H,38,39)/t17-,18+,19-/m0/s1. The quantitative estimate of drug-likeness (QED) is 0.463. The second kappa shape index (κ2) is 10.2. The molecule has 11 nitrogen and oxygen atoms in total. The molecule has 0 spiro atoms. The number of hydrogen-bond donors (Lipinski definition) is 1. The van der Waals surface area contributed by atoms with Gasteiger partial charge in [-0.25, -0.2) is 9.78 Å². The molecule has 2 aromatic heterocycles. The maximum absolute atomic E-state index is 11.9. The number of rotatable bonds is 5. The highest BCUT2D eigenvalue weighted by atomic mass is 35.5. The molecule has 3 fully saturated rings. The SMILES string of the molecule is CN1CCC[C@H]1COc1nc2c(c(N3C[C@H]4CC[C@@H](C3)N4C(=O)O)n1)CCN(c1nc(Cl)nc3ccccc13)C2. The van der Waals surface area contributed by atoms with Gasteiger partial charge in [0.1, 0.15) is 18.2 Å². The molecule has 1 amide bonds. The van der Waals surface area contributed by atoms with Crippen molar-refractivity contribution >= 4 is 40.2 Å². The molecule has 40 heavy (non-hydrogen) atoms. The largest absolute Gasteiger partial charge is 0.465 e. The molecule has 3 saturated heterocycles. The van der Waals surface area contributed by atoms with Crippen molar-refractivity contribution in [3.8, 4) is 6.01 Å². The van der Waals surface area contributed by atoms with Gasteiger partial charge in [-0.1, -0.05) is 12.1 Å². The highest BCUT2D eigenvalue weighted by molar-refractivity contribution is 6.28. The summed E-state index contributed by atoms with van der Waals surface area (Å²) in [6.07, 6.45) is 3.95. The number of amides is 1. The van der Waals surface area contributed by atoms with E-state index in [9.17, 15) is 9.90 Å². The van der Waals surface area contributed by atoms with Crippen LogP contribution in [0.2, 0.25) is 5.28 Å². The zero-order chi connectivity index (χ0) is 27.4. The summed E-state index contributed by atoms with van der Waals surface area (Å²) in [5.41, 5.74) is 2.83. The van der Waals surface area contributed by atoms with Gasteiger partial charge in [0, 0.05) is 36.6 Å². The molecular formula is C28H33ClN8O3. The topological polar surface area (TPSA) is 111 Å². The second-order valence-electron chi connectivity index (χ2n) is 11.3. The van der Waals surface area contributed by atoms with E-state index in [-0.39, 0.29) is 17.4 Å². The van der Waals surface area contributed by atoms with Gasteiger partial charge in [-0.05, 0) is 69.4 Å². The fourth-order valence-corrected chi connectivity index (χ4v) is 7.09. The number of aromatic nitrogens is 4. The summed E-state index contributed by atoms with van der Waals surface area (Å²) in [5.74, 6) is 1.68. The van der Waals surface area contributed by atoms with Crippen molar-refractivity contribution in [3.05, 3.63) is 40.8 Å². The molecule has 1 aromatic carbocycles. The fraction of sp³-hybridized carbons (Fsp3) is 0.536. The van der Waals surface area contributed by atoms with Gasteiger partial charge >= 0.3 is 12.1 Å². The molecular weight excluding hydrogens is 532 g/mol. The highest BCUT2D eigenvalue weighted by Gasteiger charge is 2.44. The monoisotopic (exact) mass is 564 g/mol. The van der Waals surface area contributed by atoms with Crippen LogP contribution in [-0.2, 0) is 13.0 Å². The number of ether oxygens (including phenoxy) is 1. The number of hydrogen-bond acceptors (Lipinski definition) is 9. The molecule has 210 valence electrons. The van der Waals surface area contributed by atoms with Crippen LogP contribution in [-0.4, -0.2) is 98.9 Å². The maximum atomic E-state index is 11.9. The summed E-state index contributed by atoms with van der Waals surface area (Å²) >= 11 is 6.33. The number of fused-ring (bicyclic) bond motifs is 4. The zero-order valence-electron chi connectivity index (χ0n) is 22.5. The van der Waals surface area contributed by atoms with Crippen LogP contribution < -0.4 is 14.5 Å². The van der Waals surface area contributed by atoms with E-state index in [0.29, 0.717) is 38.3 Å². The molecule has 0 radical (unpaired) electrons. The van der Waals surface area contributed by atoms with Crippen LogP contribution in [0.4, 0.5) is 16.4 Å². The number of likely N-dealkylation sites (tertiary alicyclic amines) is 1. The molecule has 4 aliphatic rings. The summed E-state index contributed by atoms with van der Waals surface area (Å²) in [6.45, 7) is 4.16. The van der Waals surface area contributed by atoms with Crippen molar-refractivity contribution in [2.24, 2.45) is 0 Å². The summed E-state index contributed by atoms with van der Waals surface area (Å²) in [5, 5.41) is 10.9. The smallest absolute Gasteiger partial charge is 0.407 e. The Morgan fingerprint density at radius 2 is 1.82 bits per heavy atom. The third-order valence-electron chi connectivity index (χ3n) is 8.96. The molecule has 6 heterocycles. The van der Waals surface area contributed by atoms with Crippen LogP contribution in [0.3, 0.4) is 0 Å². The molecule has 0 unspecified atom stereocenters. The lowest BCUT2D eigenvalue weighted by Crippen LogP contribution is -2.56. The van der Waals surface area contributed by atoms with E-state index in [1.165, 1.54) is 6.42 Å². The maximum Gasteiger partial charge on any atom is 0.407 e. The molecule has 4 aliphatic heterocycles. The zero-order valence-corrected chi connectivity index (χ0v) is 23.3. The molecule has 2 bridgehead atoms. The molecule has 0 saturated carbocycles. The minimum Gasteiger partial charge on any atom is -0.465 e. The first kappa shape index (κ1) is 25.5. The van der Waals surface area contributed by atoms with E-state index < -0.39 is 6.09 Å². The third kappa shape index (κ3) is 4.54. The van der Waals surface area contributed by atoms with Crippen molar-refractivity contribution in [1.29, 1.82) is 0 Å². The molecule has 12 heteroatoms. The van der Waals surface area contributed by atoms with Crippen LogP contribution in [0.1, 0.15) is 36.9 Å². The Bertz CT molecular complexity index is 1440. The average molecular weight is 565 g/mol. The first-order valence-corrected chi connectivity index (χ1v) is 14.5. The number of carboxylic acid groups (broad SMARTS) is 1. The van der Waals surface area contributed by atoms with E-state index in [4.69, 9.17) is 26.3 Å². The summed E-state index contributed by atoms with van der Waals surface area (Å²) in [6, 6.07) is 8.59. The number of carbonyl (C=O) groups is 1. The van der Waals surface area contributed by atoms with Gasteiger partial charge < -0.3 is 24.5 Å². The lowest BCUT2D eigenvalue weighted by atomic mass is 10.0. The Labute approximate surface area is 237 Å². The van der Waals surface area contributed by atoms with Gasteiger partial charge in [0.15, 0.2) is 0 Å². The van der Waals surface area contributed by atoms with Crippen LogP contribution >= 0.6 is 11.6 Å². The summed E-state index contributed by atoms with van der Waals surface area (Å²) in [7, 11) is 2.13. The van der Waals surface area contributed by atoms with Gasteiger partial charge in [-0.15, -0.1) is 0 Å². The van der Waals surface area contributed by atoms with Gasteiger partial charge in [-0.3, -0.25) is 4.90 Å². The van der Waals surface area contributed by atoms with Gasteiger partial charge in [0.2, 0.25) is 5.28 Å². The Morgan fingerprint density at radius 3 is 2.58 bits per heavy atom.